The predicted molar refractivity (Wildman–Crippen MR) is 112 cm³/mol. The van der Waals surface area contributed by atoms with Crippen LogP contribution in [0.25, 0.3) is 0 Å². The van der Waals surface area contributed by atoms with Crippen LogP contribution in [-0.4, -0.2) is 43.4 Å². The Hall–Kier alpha value is -1.66. The first-order valence-corrected chi connectivity index (χ1v) is 9.48. The van der Waals surface area contributed by atoms with Gasteiger partial charge in [0.1, 0.15) is 18.1 Å². The maximum atomic E-state index is 12.6. The molecule has 0 bridgehead atoms. The zero-order valence-electron chi connectivity index (χ0n) is 15.3. The Bertz CT molecular complexity index is 708. The Kier molecular flexibility index (Phi) is 8.70. The van der Waals surface area contributed by atoms with E-state index in [2.05, 4.69) is 4.90 Å². The van der Waals surface area contributed by atoms with Gasteiger partial charge in [-0.2, -0.15) is 0 Å². The van der Waals surface area contributed by atoms with Gasteiger partial charge in [-0.25, -0.2) is 4.79 Å². The van der Waals surface area contributed by atoms with Crippen LogP contribution in [0.15, 0.2) is 48.5 Å². The molecule has 0 unspecified atom stereocenters. The van der Waals surface area contributed by atoms with Crippen molar-refractivity contribution in [3.63, 3.8) is 0 Å². The zero-order chi connectivity index (χ0) is 19.2. The first kappa shape index (κ1) is 22.6. The van der Waals surface area contributed by atoms with Gasteiger partial charge in [0.15, 0.2) is 0 Å². The number of rotatable bonds is 7. The summed E-state index contributed by atoms with van der Waals surface area (Å²) in [7, 11) is 2.03. The molecular formula is C20H22Cl3NO4. The van der Waals surface area contributed by atoms with Gasteiger partial charge in [-0.1, -0.05) is 23.2 Å². The number of carbonyl (C=O) groups is 1. The third-order valence-corrected chi connectivity index (χ3v) is 4.90. The molecule has 3 rings (SSSR count). The van der Waals surface area contributed by atoms with E-state index >= 15 is 0 Å². The van der Waals surface area contributed by atoms with Gasteiger partial charge in [-0.15, -0.1) is 12.4 Å². The van der Waals surface area contributed by atoms with E-state index in [4.69, 9.17) is 37.4 Å². The van der Waals surface area contributed by atoms with Crippen molar-refractivity contribution in [3.05, 3.63) is 58.6 Å². The van der Waals surface area contributed by atoms with Crippen LogP contribution in [0.4, 0.5) is 0 Å². The lowest BCUT2D eigenvalue weighted by atomic mass is 10.2. The Morgan fingerprint density at radius 2 is 1.54 bits per heavy atom. The second-order valence-corrected chi connectivity index (χ2v) is 7.26. The Labute approximate surface area is 180 Å². The summed E-state index contributed by atoms with van der Waals surface area (Å²) in [5.41, 5.74) is 0. The summed E-state index contributed by atoms with van der Waals surface area (Å²) < 4.78 is 16.9. The lowest BCUT2D eigenvalue weighted by Gasteiger charge is -2.22. The molecule has 2 aromatic carbocycles. The number of nitrogens with zero attached hydrogens (tertiary/aromatic N) is 1. The number of carbonyl (C=O) groups excluding carboxylic acids is 1. The summed E-state index contributed by atoms with van der Waals surface area (Å²) in [4.78, 5) is 14.8. The molecule has 0 saturated carbocycles. The topological polar surface area (TPSA) is 48.0 Å². The number of benzene rings is 2. The van der Waals surface area contributed by atoms with Gasteiger partial charge in [0.25, 0.3) is 0 Å². The van der Waals surface area contributed by atoms with Crippen LogP contribution in [-0.2, 0) is 9.53 Å². The second kappa shape index (κ2) is 10.8. The van der Waals surface area contributed by atoms with Crippen molar-refractivity contribution in [3.8, 4) is 11.5 Å². The lowest BCUT2D eigenvalue weighted by Crippen LogP contribution is -2.38. The van der Waals surface area contributed by atoms with E-state index in [9.17, 15) is 4.79 Å². The Morgan fingerprint density at radius 3 is 1.96 bits per heavy atom. The average molecular weight is 447 g/mol. The molecule has 1 fully saturated rings. The van der Waals surface area contributed by atoms with Gasteiger partial charge >= 0.3 is 12.3 Å². The van der Waals surface area contributed by atoms with E-state index in [0.717, 1.165) is 19.4 Å². The van der Waals surface area contributed by atoms with Crippen LogP contribution < -0.4 is 9.47 Å². The molecule has 0 amide bonds. The summed E-state index contributed by atoms with van der Waals surface area (Å²) in [6, 6.07) is 13.6. The monoisotopic (exact) mass is 445 g/mol. The first-order chi connectivity index (χ1) is 13.0. The molecule has 1 aliphatic rings. The fourth-order valence-electron chi connectivity index (χ4n) is 2.83. The van der Waals surface area contributed by atoms with E-state index in [0.29, 0.717) is 28.2 Å². The predicted octanol–water partition coefficient (Wildman–Crippen LogP) is 4.84. The quantitative estimate of drug-likeness (QED) is 0.450. The van der Waals surface area contributed by atoms with Gasteiger partial charge in [-0.3, -0.25) is 0 Å². The second-order valence-electron chi connectivity index (χ2n) is 6.38. The standard InChI is InChI=1S/C20H21Cl2NO4.ClH/c1-23-12-2-3-16(23)13-25-19(24)20(26-17-8-4-14(21)5-9-17)27-18-10-6-15(22)7-11-18;/h4-11,16,20H,2-3,12-13H2,1H3;1H/t16-;/m1./s1. The number of ether oxygens (including phenoxy) is 3. The van der Waals surface area contributed by atoms with Gasteiger partial charge in [0, 0.05) is 16.1 Å². The minimum absolute atomic E-state index is 0. The van der Waals surface area contributed by atoms with E-state index in [1.807, 2.05) is 7.05 Å². The Balaban J connectivity index is 0.00000280. The minimum atomic E-state index is -1.24. The smallest absolute Gasteiger partial charge is 0.389 e. The highest BCUT2D eigenvalue weighted by atomic mass is 35.5. The normalized spacial score (nSPS) is 16.5. The molecule has 2 aromatic rings. The molecule has 28 heavy (non-hydrogen) atoms. The third kappa shape index (κ3) is 6.45. The zero-order valence-corrected chi connectivity index (χ0v) is 17.7. The van der Waals surface area contributed by atoms with Crippen molar-refractivity contribution in [1.82, 2.24) is 4.90 Å². The summed E-state index contributed by atoms with van der Waals surface area (Å²) in [5, 5.41) is 1.15. The number of likely N-dealkylation sites (tertiary alicyclic amines) is 1. The Morgan fingerprint density at radius 1 is 1.04 bits per heavy atom. The van der Waals surface area contributed by atoms with Crippen molar-refractivity contribution >= 4 is 41.6 Å². The number of likely N-dealkylation sites (N-methyl/N-ethyl adjacent to an activating group) is 1. The van der Waals surface area contributed by atoms with Crippen LogP contribution in [0, 0.1) is 0 Å². The molecule has 1 saturated heterocycles. The van der Waals surface area contributed by atoms with Crippen molar-refractivity contribution in [1.29, 1.82) is 0 Å². The highest BCUT2D eigenvalue weighted by molar-refractivity contribution is 6.30. The summed E-state index contributed by atoms with van der Waals surface area (Å²) in [6.07, 6.45) is 0.869. The fourth-order valence-corrected chi connectivity index (χ4v) is 3.08. The molecule has 0 spiro atoms. The summed E-state index contributed by atoms with van der Waals surface area (Å²) in [6.45, 7) is 1.31. The molecular weight excluding hydrogens is 425 g/mol. The third-order valence-electron chi connectivity index (χ3n) is 4.40. The van der Waals surface area contributed by atoms with E-state index in [1.165, 1.54) is 0 Å². The fraction of sp³-hybridized carbons (Fsp3) is 0.350. The largest absolute Gasteiger partial charge is 0.459 e. The molecule has 1 heterocycles. The molecule has 0 aromatic heterocycles. The number of halogens is 3. The maximum absolute atomic E-state index is 12.6. The highest BCUT2D eigenvalue weighted by Gasteiger charge is 2.28. The van der Waals surface area contributed by atoms with Crippen LogP contribution in [0.3, 0.4) is 0 Å². The van der Waals surface area contributed by atoms with Gasteiger partial charge in [0.05, 0.1) is 0 Å². The van der Waals surface area contributed by atoms with Crippen LogP contribution in [0.1, 0.15) is 12.8 Å². The SMILES string of the molecule is CN1CCC[C@@H]1COC(=O)C(Oc1ccc(Cl)cc1)Oc1ccc(Cl)cc1.Cl. The van der Waals surface area contributed by atoms with E-state index < -0.39 is 12.3 Å². The van der Waals surface area contributed by atoms with Gasteiger partial charge in [0.2, 0.25) is 0 Å². The average Bonchev–Trinajstić information content (AvgIpc) is 3.07. The molecule has 152 valence electrons. The summed E-state index contributed by atoms with van der Waals surface area (Å²) >= 11 is 11.8. The van der Waals surface area contributed by atoms with Crippen LogP contribution in [0.2, 0.25) is 10.0 Å². The molecule has 1 aliphatic heterocycles. The van der Waals surface area contributed by atoms with Crippen molar-refractivity contribution < 1.29 is 19.0 Å². The van der Waals surface area contributed by atoms with Crippen molar-refractivity contribution in [2.75, 3.05) is 20.2 Å². The van der Waals surface area contributed by atoms with Crippen molar-refractivity contribution in [2.24, 2.45) is 0 Å². The molecule has 1 atom stereocenters. The molecule has 5 nitrogen and oxygen atoms in total. The molecule has 0 N–H and O–H groups in total. The maximum Gasteiger partial charge on any atom is 0.389 e. The van der Waals surface area contributed by atoms with Crippen LogP contribution >= 0.6 is 35.6 Å². The minimum Gasteiger partial charge on any atom is -0.459 e. The number of hydrogen-bond donors (Lipinski definition) is 0. The number of hydrogen-bond acceptors (Lipinski definition) is 5. The van der Waals surface area contributed by atoms with Crippen molar-refractivity contribution in [2.45, 2.75) is 25.2 Å². The number of esters is 1. The van der Waals surface area contributed by atoms with E-state index in [-0.39, 0.29) is 18.4 Å². The molecule has 0 aliphatic carbocycles. The lowest BCUT2D eigenvalue weighted by molar-refractivity contribution is -0.167. The van der Waals surface area contributed by atoms with Crippen LogP contribution in [0.5, 0.6) is 11.5 Å². The molecule has 0 radical (unpaired) electrons. The summed E-state index contributed by atoms with van der Waals surface area (Å²) in [5.74, 6) is 0.321. The first-order valence-electron chi connectivity index (χ1n) is 8.72. The van der Waals surface area contributed by atoms with E-state index in [1.54, 1.807) is 48.5 Å². The highest BCUT2D eigenvalue weighted by Crippen LogP contribution is 2.22. The molecule has 8 heteroatoms. The van der Waals surface area contributed by atoms with Gasteiger partial charge < -0.3 is 19.1 Å². The van der Waals surface area contributed by atoms with Gasteiger partial charge in [-0.05, 0) is 75.0 Å².